The maximum absolute atomic E-state index is 10.6. The second-order valence-corrected chi connectivity index (χ2v) is 3.02. The molecule has 4 nitrogen and oxygen atoms in total. The van der Waals surface area contributed by atoms with Crippen molar-refractivity contribution in [2.75, 3.05) is 0 Å². The van der Waals surface area contributed by atoms with Gasteiger partial charge in [-0.25, -0.2) is 14.8 Å². The summed E-state index contributed by atoms with van der Waals surface area (Å²) in [6.07, 6.45) is 0. The second-order valence-electron chi connectivity index (χ2n) is 2.66. The van der Waals surface area contributed by atoms with E-state index >= 15 is 0 Å². The number of carbonyl (C=O) groups is 1. The van der Waals surface area contributed by atoms with Crippen LogP contribution in [-0.2, 0) is 0 Å². The maximum atomic E-state index is 10.6. The Balaban J connectivity index is 2.78. The predicted octanol–water partition coefficient (Wildman–Crippen LogP) is 1.98. The van der Waals surface area contributed by atoms with Gasteiger partial charge in [-0.05, 0) is 12.1 Å². The topological polar surface area (TPSA) is 63.1 Å². The molecule has 70 valence electrons. The Morgan fingerprint density at radius 3 is 2.71 bits per heavy atom. The molecule has 2 aromatic rings. The third-order valence-corrected chi connectivity index (χ3v) is 2.04. The highest BCUT2D eigenvalue weighted by Gasteiger charge is 2.10. The van der Waals surface area contributed by atoms with Gasteiger partial charge in [0.1, 0.15) is 5.15 Å². The van der Waals surface area contributed by atoms with Gasteiger partial charge < -0.3 is 5.11 Å². The van der Waals surface area contributed by atoms with Crippen molar-refractivity contribution < 1.29 is 9.90 Å². The number of fused-ring (bicyclic) bond motifs is 1. The van der Waals surface area contributed by atoms with E-state index in [1.807, 2.05) is 0 Å². The summed E-state index contributed by atoms with van der Waals surface area (Å²) in [6, 6.07) is 6.98. The van der Waals surface area contributed by atoms with Crippen molar-refractivity contribution in [1.82, 2.24) is 9.97 Å². The Hall–Kier alpha value is -1.68. The molecule has 0 amide bonds. The largest absolute Gasteiger partial charge is 0.475 e. The first-order valence-corrected chi connectivity index (χ1v) is 4.22. The first kappa shape index (κ1) is 8.90. The van der Waals surface area contributed by atoms with Gasteiger partial charge in [0.05, 0.1) is 5.52 Å². The zero-order valence-corrected chi connectivity index (χ0v) is 7.69. The highest BCUT2D eigenvalue weighted by molar-refractivity contribution is 6.34. The van der Waals surface area contributed by atoms with Gasteiger partial charge >= 0.3 is 5.97 Å². The number of para-hydroxylation sites is 1. The van der Waals surface area contributed by atoms with Gasteiger partial charge in [-0.2, -0.15) is 0 Å². The van der Waals surface area contributed by atoms with Gasteiger partial charge in [0.25, 0.3) is 0 Å². The number of carboxylic acids is 1. The summed E-state index contributed by atoms with van der Waals surface area (Å²) in [7, 11) is 0. The first-order chi connectivity index (χ1) is 6.68. The van der Waals surface area contributed by atoms with Crippen molar-refractivity contribution in [3.63, 3.8) is 0 Å². The fourth-order valence-electron chi connectivity index (χ4n) is 1.13. The average Bonchev–Trinajstić information content (AvgIpc) is 2.17. The Morgan fingerprint density at radius 2 is 2.00 bits per heavy atom. The molecular weight excluding hydrogens is 204 g/mol. The molecule has 1 aromatic carbocycles. The van der Waals surface area contributed by atoms with Crippen LogP contribution >= 0.6 is 11.6 Å². The minimum Gasteiger partial charge on any atom is -0.475 e. The van der Waals surface area contributed by atoms with Crippen molar-refractivity contribution in [2.45, 2.75) is 0 Å². The van der Waals surface area contributed by atoms with Gasteiger partial charge in [0.15, 0.2) is 0 Å². The van der Waals surface area contributed by atoms with E-state index in [0.29, 0.717) is 10.9 Å². The van der Waals surface area contributed by atoms with E-state index in [-0.39, 0.29) is 11.0 Å². The van der Waals surface area contributed by atoms with Crippen LogP contribution in [0, 0.1) is 0 Å². The van der Waals surface area contributed by atoms with Crippen LogP contribution in [0.3, 0.4) is 0 Å². The van der Waals surface area contributed by atoms with Crippen LogP contribution in [0.25, 0.3) is 10.9 Å². The van der Waals surface area contributed by atoms with Crippen LogP contribution in [0.5, 0.6) is 0 Å². The number of hydrogen-bond donors (Lipinski definition) is 1. The monoisotopic (exact) mass is 208 g/mol. The normalized spacial score (nSPS) is 10.4. The van der Waals surface area contributed by atoms with Crippen molar-refractivity contribution in [3.05, 3.63) is 35.2 Å². The number of rotatable bonds is 1. The van der Waals surface area contributed by atoms with Crippen LogP contribution < -0.4 is 0 Å². The lowest BCUT2D eigenvalue weighted by Crippen LogP contribution is -2.04. The number of aromatic nitrogens is 2. The molecule has 0 aliphatic heterocycles. The summed E-state index contributed by atoms with van der Waals surface area (Å²) in [5, 5.41) is 9.50. The van der Waals surface area contributed by atoms with Crippen LogP contribution in [0.2, 0.25) is 5.15 Å². The standard InChI is InChI=1S/C9H5ClN2O2/c10-7-5-3-1-2-4-6(5)11-8(12-7)9(13)14/h1-4H,(H,13,14). The Labute approximate surface area is 84.2 Å². The van der Waals surface area contributed by atoms with Crippen LogP contribution in [0.15, 0.2) is 24.3 Å². The van der Waals surface area contributed by atoms with E-state index in [4.69, 9.17) is 16.7 Å². The molecule has 0 fully saturated rings. The number of hydrogen-bond acceptors (Lipinski definition) is 3. The molecule has 0 radical (unpaired) electrons. The molecule has 0 spiro atoms. The molecule has 5 heteroatoms. The lowest BCUT2D eigenvalue weighted by Gasteiger charge is -1.99. The van der Waals surface area contributed by atoms with E-state index in [1.54, 1.807) is 24.3 Å². The lowest BCUT2D eigenvalue weighted by atomic mass is 10.2. The summed E-state index contributed by atoms with van der Waals surface area (Å²) in [6.45, 7) is 0. The third-order valence-electron chi connectivity index (χ3n) is 1.75. The molecule has 0 saturated carbocycles. The fraction of sp³-hybridized carbons (Fsp3) is 0. The van der Waals surface area contributed by atoms with Crippen LogP contribution in [0.4, 0.5) is 0 Å². The van der Waals surface area contributed by atoms with E-state index < -0.39 is 5.97 Å². The number of halogens is 1. The molecule has 2 rings (SSSR count). The molecule has 1 heterocycles. The van der Waals surface area contributed by atoms with Gasteiger partial charge in [-0.15, -0.1) is 0 Å². The number of benzene rings is 1. The van der Waals surface area contributed by atoms with E-state index in [9.17, 15) is 4.79 Å². The maximum Gasteiger partial charge on any atom is 0.374 e. The quantitative estimate of drug-likeness (QED) is 0.728. The Morgan fingerprint density at radius 1 is 1.29 bits per heavy atom. The molecule has 0 unspecified atom stereocenters. The van der Waals surface area contributed by atoms with Gasteiger partial charge in [0.2, 0.25) is 5.82 Å². The van der Waals surface area contributed by atoms with Gasteiger partial charge in [-0.1, -0.05) is 23.7 Å². The Bertz CT molecular complexity index is 513. The fourth-order valence-corrected chi connectivity index (χ4v) is 1.37. The molecule has 0 aliphatic carbocycles. The second kappa shape index (κ2) is 3.23. The van der Waals surface area contributed by atoms with Gasteiger partial charge in [-0.3, -0.25) is 0 Å². The zero-order valence-electron chi connectivity index (χ0n) is 6.94. The number of carboxylic acid groups (broad SMARTS) is 1. The first-order valence-electron chi connectivity index (χ1n) is 3.84. The van der Waals surface area contributed by atoms with Gasteiger partial charge in [0, 0.05) is 5.39 Å². The number of nitrogens with zero attached hydrogens (tertiary/aromatic N) is 2. The molecular formula is C9H5ClN2O2. The minimum absolute atomic E-state index is 0.160. The van der Waals surface area contributed by atoms with E-state index in [2.05, 4.69) is 9.97 Å². The Kier molecular flexibility index (Phi) is 2.05. The molecule has 0 saturated heterocycles. The summed E-state index contributed by atoms with van der Waals surface area (Å²) < 4.78 is 0. The van der Waals surface area contributed by atoms with Crippen molar-refractivity contribution >= 4 is 28.5 Å². The molecule has 1 N–H and O–H groups in total. The summed E-state index contributed by atoms with van der Waals surface area (Å²) in [5.74, 6) is -1.47. The zero-order chi connectivity index (χ0) is 10.1. The molecule has 0 bridgehead atoms. The van der Waals surface area contributed by atoms with Crippen LogP contribution in [0.1, 0.15) is 10.6 Å². The highest BCUT2D eigenvalue weighted by Crippen LogP contribution is 2.19. The highest BCUT2D eigenvalue weighted by atomic mass is 35.5. The van der Waals surface area contributed by atoms with Crippen molar-refractivity contribution in [3.8, 4) is 0 Å². The number of aromatic carboxylic acids is 1. The average molecular weight is 209 g/mol. The van der Waals surface area contributed by atoms with Crippen LogP contribution in [-0.4, -0.2) is 21.0 Å². The van der Waals surface area contributed by atoms with Crippen molar-refractivity contribution in [1.29, 1.82) is 0 Å². The predicted molar refractivity (Wildman–Crippen MR) is 51.5 cm³/mol. The van der Waals surface area contributed by atoms with E-state index in [1.165, 1.54) is 0 Å². The molecule has 0 aliphatic rings. The molecule has 1 aromatic heterocycles. The molecule has 0 atom stereocenters. The lowest BCUT2D eigenvalue weighted by molar-refractivity contribution is 0.0684. The minimum atomic E-state index is -1.18. The molecule has 14 heavy (non-hydrogen) atoms. The SMILES string of the molecule is O=C(O)c1nc(Cl)c2ccccc2n1. The summed E-state index contributed by atoms with van der Waals surface area (Å²) >= 11 is 5.79. The van der Waals surface area contributed by atoms with Crippen molar-refractivity contribution in [2.24, 2.45) is 0 Å². The summed E-state index contributed by atoms with van der Waals surface area (Å²) in [4.78, 5) is 18.1. The third kappa shape index (κ3) is 1.40. The smallest absolute Gasteiger partial charge is 0.374 e. The summed E-state index contributed by atoms with van der Waals surface area (Å²) in [5.41, 5.74) is 0.532. The van der Waals surface area contributed by atoms with E-state index in [0.717, 1.165) is 0 Å².